The van der Waals surface area contributed by atoms with E-state index in [9.17, 15) is 4.79 Å². The van der Waals surface area contributed by atoms with Crippen LogP contribution in [0.25, 0.3) is 5.65 Å². The number of fused-ring (bicyclic) bond motifs is 1. The molecule has 2 aromatic heterocycles. The number of methoxy groups -OCH3 is 1. The summed E-state index contributed by atoms with van der Waals surface area (Å²) < 4.78 is 6.88. The molecule has 5 heteroatoms. The molecule has 3 heterocycles. The topological polar surface area (TPSA) is 46.8 Å². The molecule has 1 aliphatic rings. The minimum absolute atomic E-state index is 0.162. The number of imidazole rings is 1. The predicted molar refractivity (Wildman–Crippen MR) is 67.6 cm³/mol. The van der Waals surface area contributed by atoms with Gasteiger partial charge in [-0.1, -0.05) is 6.07 Å². The first-order chi connectivity index (χ1) is 8.81. The second-order valence-corrected chi connectivity index (χ2v) is 4.41. The summed E-state index contributed by atoms with van der Waals surface area (Å²) in [5, 5.41) is 0. The third kappa shape index (κ3) is 1.63. The largest absolute Gasteiger partial charge is 0.467 e. The molecule has 18 heavy (non-hydrogen) atoms. The number of nitrogens with zero attached hydrogens (tertiary/aromatic N) is 3. The average Bonchev–Trinajstić information content (AvgIpc) is 3.05. The van der Waals surface area contributed by atoms with Gasteiger partial charge in [-0.3, -0.25) is 4.40 Å². The number of carbonyl (C=O) groups excluding carboxylic acids is 1. The molecule has 0 saturated carbocycles. The van der Waals surface area contributed by atoms with Gasteiger partial charge in [-0.05, 0) is 25.0 Å². The molecule has 94 valence electrons. The summed E-state index contributed by atoms with van der Waals surface area (Å²) in [6, 6.07) is 5.75. The molecule has 1 unspecified atom stereocenters. The Hall–Kier alpha value is -2.04. The van der Waals surface area contributed by atoms with Crippen molar-refractivity contribution in [1.82, 2.24) is 9.38 Å². The Bertz CT molecular complexity index is 578. The number of ether oxygens (including phenoxy) is 1. The first-order valence-corrected chi connectivity index (χ1v) is 6.08. The van der Waals surface area contributed by atoms with E-state index in [1.54, 1.807) is 6.20 Å². The van der Waals surface area contributed by atoms with Gasteiger partial charge in [0.25, 0.3) is 0 Å². The van der Waals surface area contributed by atoms with E-state index in [0.717, 1.165) is 30.9 Å². The summed E-state index contributed by atoms with van der Waals surface area (Å²) in [7, 11) is 1.44. The molecule has 0 aromatic carbocycles. The fraction of sp³-hybridized carbons (Fsp3) is 0.385. The quantitative estimate of drug-likeness (QED) is 0.752. The molecular weight excluding hydrogens is 230 g/mol. The summed E-state index contributed by atoms with van der Waals surface area (Å²) in [6.07, 6.45) is 5.53. The highest BCUT2D eigenvalue weighted by Gasteiger charge is 2.32. The van der Waals surface area contributed by atoms with E-state index >= 15 is 0 Å². The molecule has 0 bridgehead atoms. The van der Waals surface area contributed by atoms with Crippen LogP contribution in [-0.2, 0) is 9.53 Å². The molecule has 1 fully saturated rings. The maximum absolute atomic E-state index is 11.8. The Labute approximate surface area is 105 Å². The summed E-state index contributed by atoms with van der Waals surface area (Å²) >= 11 is 0. The van der Waals surface area contributed by atoms with Gasteiger partial charge in [-0.15, -0.1) is 0 Å². The van der Waals surface area contributed by atoms with Crippen molar-refractivity contribution in [3.05, 3.63) is 30.6 Å². The van der Waals surface area contributed by atoms with Crippen molar-refractivity contribution in [2.75, 3.05) is 18.6 Å². The minimum atomic E-state index is -0.178. The van der Waals surface area contributed by atoms with Gasteiger partial charge in [0.05, 0.1) is 7.11 Å². The minimum Gasteiger partial charge on any atom is -0.467 e. The van der Waals surface area contributed by atoms with E-state index < -0.39 is 0 Å². The fourth-order valence-corrected chi connectivity index (χ4v) is 2.59. The van der Waals surface area contributed by atoms with E-state index in [-0.39, 0.29) is 12.0 Å². The molecule has 3 rings (SSSR count). The Morgan fingerprint density at radius 2 is 2.39 bits per heavy atom. The third-order valence-electron chi connectivity index (χ3n) is 3.43. The number of aromatic nitrogens is 2. The van der Waals surface area contributed by atoms with Gasteiger partial charge in [0, 0.05) is 18.9 Å². The van der Waals surface area contributed by atoms with Crippen molar-refractivity contribution in [1.29, 1.82) is 0 Å². The highest BCUT2D eigenvalue weighted by molar-refractivity contribution is 5.80. The number of anilines is 1. The van der Waals surface area contributed by atoms with E-state index in [4.69, 9.17) is 4.74 Å². The van der Waals surface area contributed by atoms with E-state index in [2.05, 4.69) is 9.88 Å². The summed E-state index contributed by atoms with van der Waals surface area (Å²) in [5.41, 5.74) is 0.892. The van der Waals surface area contributed by atoms with Crippen LogP contribution in [0.4, 0.5) is 5.82 Å². The number of carbonyl (C=O) groups is 1. The summed E-state index contributed by atoms with van der Waals surface area (Å²) in [6.45, 7) is 0.872. The first-order valence-electron chi connectivity index (χ1n) is 6.08. The van der Waals surface area contributed by atoms with Gasteiger partial charge < -0.3 is 9.64 Å². The van der Waals surface area contributed by atoms with Crippen LogP contribution in [0.5, 0.6) is 0 Å². The standard InChI is InChI=1S/C13H15N3O2/c1-18-13(17)10-4-3-8-15(10)12-6-2-5-11-14-7-9-16(11)12/h2,5-7,9-10H,3-4,8H2,1H3. The van der Waals surface area contributed by atoms with Gasteiger partial charge in [-0.25, -0.2) is 9.78 Å². The Morgan fingerprint density at radius 1 is 1.50 bits per heavy atom. The molecule has 0 aliphatic carbocycles. The van der Waals surface area contributed by atoms with Gasteiger partial charge >= 0.3 is 5.97 Å². The lowest BCUT2D eigenvalue weighted by Crippen LogP contribution is -2.37. The number of hydrogen-bond donors (Lipinski definition) is 0. The van der Waals surface area contributed by atoms with Crippen LogP contribution >= 0.6 is 0 Å². The SMILES string of the molecule is COC(=O)C1CCCN1c1cccc2nccn12. The smallest absolute Gasteiger partial charge is 0.328 e. The van der Waals surface area contributed by atoms with Crippen molar-refractivity contribution in [2.45, 2.75) is 18.9 Å². The second-order valence-electron chi connectivity index (χ2n) is 4.41. The second kappa shape index (κ2) is 4.33. The molecule has 0 spiro atoms. The van der Waals surface area contributed by atoms with Crippen LogP contribution in [0, 0.1) is 0 Å². The van der Waals surface area contributed by atoms with Gasteiger partial charge in [0.1, 0.15) is 17.5 Å². The van der Waals surface area contributed by atoms with Crippen molar-refractivity contribution in [2.24, 2.45) is 0 Å². The molecule has 1 aliphatic heterocycles. The molecular formula is C13H15N3O2. The number of hydrogen-bond acceptors (Lipinski definition) is 4. The van der Waals surface area contributed by atoms with E-state index in [1.807, 2.05) is 28.8 Å². The van der Waals surface area contributed by atoms with Gasteiger partial charge in [0.2, 0.25) is 0 Å². The van der Waals surface area contributed by atoms with Crippen LogP contribution in [0.2, 0.25) is 0 Å². The van der Waals surface area contributed by atoms with Crippen LogP contribution in [-0.4, -0.2) is 35.1 Å². The monoisotopic (exact) mass is 245 g/mol. The Morgan fingerprint density at radius 3 is 3.22 bits per heavy atom. The van der Waals surface area contributed by atoms with Crippen molar-refractivity contribution >= 4 is 17.4 Å². The molecule has 0 radical (unpaired) electrons. The third-order valence-corrected chi connectivity index (χ3v) is 3.43. The number of rotatable bonds is 2. The van der Waals surface area contributed by atoms with Crippen molar-refractivity contribution in [3.8, 4) is 0 Å². The molecule has 0 N–H and O–H groups in total. The molecule has 5 nitrogen and oxygen atoms in total. The zero-order valence-electron chi connectivity index (χ0n) is 10.2. The Balaban J connectivity index is 2.03. The molecule has 1 atom stereocenters. The predicted octanol–water partition coefficient (Wildman–Crippen LogP) is 1.48. The zero-order valence-corrected chi connectivity index (χ0v) is 10.2. The average molecular weight is 245 g/mol. The normalized spacial score (nSPS) is 19.4. The lowest BCUT2D eigenvalue weighted by molar-refractivity contribution is -0.141. The Kier molecular flexibility index (Phi) is 2.66. The lowest BCUT2D eigenvalue weighted by atomic mass is 10.2. The summed E-state index contributed by atoms with van der Waals surface area (Å²) in [5.74, 6) is 0.836. The van der Waals surface area contributed by atoms with Crippen LogP contribution in [0.3, 0.4) is 0 Å². The van der Waals surface area contributed by atoms with Gasteiger partial charge in [0.15, 0.2) is 0 Å². The van der Waals surface area contributed by atoms with E-state index in [1.165, 1.54) is 7.11 Å². The van der Waals surface area contributed by atoms with Crippen LogP contribution in [0.15, 0.2) is 30.6 Å². The van der Waals surface area contributed by atoms with Crippen LogP contribution < -0.4 is 4.90 Å². The lowest BCUT2D eigenvalue weighted by Gasteiger charge is -2.25. The van der Waals surface area contributed by atoms with Gasteiger partial charge in [-0.2, -0.15) is 0 Å². The van der Waals surface area contributed by atoms with Crippen LogP contribution in [0.1, 0.15) is 12.8 Å². The highest BCUT2D eigenvalue weighted by atomic mass is 16.5. The molecule has 0 amide bonds. The maximum atomic E-state index is 11.8. The highest BCUT2D eigenvalue weighted by Crippen LogP contribution is 2.26. The van der Waals surface area contributed by atoms with Crippen molar-refractivity contribution in [3.63, 3.8) is 0 Å². The molecule has 1 saturated heterocycles. The fourth-order valence-electron chi connectivity index (χ4n) is 2.59. The van der Waals surface area contributed by atoms with E-state index in [0.29, 0.717) is 0 Å². The maximum Gasteiger partial charge on any atom is 0.328 e. The zero-order chi connectivity index (χ0) is 12.5. The summed E-state index contributed by atoms with van der Waals surface area (Å²) in [4.78, 5) is 18.1. The number of esters is 1. The molecule has 2 aromatic rings. The number of pyridine rings is 1. The first kappa shape index (κ1) is 11.1. The van der Waals surface area contributed by atoms with Crippen molar-refractivity contribution < 1.29 is 9.53 Å².